The first kappa shape index (κ1) is 15.4. The van der Waals surface area contributed by atoms with Crippen LogP contribution in [0.5, 0.6) is 0 Å². The third-order valence-corrected chi connectivity index (χ3v) is 3.93. The van der Waals surface area contributed by atoms with Crippen molar-refractivity contribution in [1.29, 1.82) is 0 Å². The number of nitrogens with one attached hydrogen (secondary N) is 1. The van der Waals surface area contributed by atoms with E-state index in [0.717, 1.165) is 22.7 Å². The minimum absolute atomic E-state index is 0.0452. The predicted molar refractivity (Wildman–Crippen MR) is 85.5 cm³/mol. The van der Waals surface area contributed by atoms with Crippen molar-refractivity contribution in [3.63, 3.8) is 0 Å². The topological polar surface area (TPSA) is 81.1 Å². The average molecular weight is 305 g/mol. The number of hydrogen-bond acceptors (Lipinski definition) is 5. The maximum absolute atomic E-state index is 11.9. The number of oxazole rings is 1. The van der Waals surface area contributed by atoms with E-state index in [1.54, 1.807) is 6.07 Å². The molecule has 1 aromatic heterocycles. The van der Waals surface area contributed by atoms with Gasteiger partial charge in [0.25, 0.3) is 5.22 Å². The highest BCUT2D eigenvalue weighted by molar-refractivity contribution is 7.99. The molecular weight excluding hydrogens is 286 g/mol. The fourth-order valence-electron chi connectivity index (χ4n) is 1.72. The molecule has 2 aromatic rings. The molecule has 112 valence electrons. The lowest BCUT2D eigenvalue weighted by atomic mass is 10.2. The summed E-state index contributed by atoms with van der Waals surface area (Å²) in [5, 5.41) is 3.48. The van der Waals surface area contributed by atoms with E-state index >= 15 is 0 Å². The number of nitrogen functional groups attached to an aromatic ring is 1. The molecule has 0 aliphatic heterocycles. The number of carbonyl (C=O) groups excluding carboxylic acids is 1. The molecule has 0 fully saturated rings. The second kappa shape index (κ2) is 6.67. The van der Waals surface area contributed by atoms with E-state index in [1.807, 2.05) is 32.9 Å². The number of nitrogens with zero attached hydrogens (tertiary/aromatic N) is 1. The number of benzene rings is 1. The number of aryl methyl sites for hydroxylation is 3. The lowest BCUT2D eigenvalue weighted by Crippen LogP contribution is -2.13. The Bertz CT molecular complexity index is 633. The molecule has 21 heavy (non-hydrogen) atoms. The molecule has 0 atom stereocenters. The van der Waals surface area contributed by atoms with Crippen LogP contribution in [-0.2, 0) is 4.79 Å². The summed E-state index contributed by atoms with van der Waals surface area (Å²) in [5.41, 5.74) is 8.99. The SMILES string of the molecule is Cc1ccc(N)cc1NC(=O)CCSc1nc(C)c(C)o1. The highest BCUT2D eigenvalue weighted by Crippen LogP contribution is 2.22. The summed E-state index contributed by atoms with van der Waals surface area (Å²) in [6, 6.07) is 5.47. The molecule has 0 spiro atoms. The highest BCUT2D eigenvalue weighted by Gasteiger charge is 2.09. The van der Waals surface area contributed by atoms with E-state index in [9.17, 15) is 4.79 Å². The molecule has 0 saturated carbocycles. The maximum atomic E-state index is 11.9. The Morgan fingerprint density at radius 1 is 1.38 bits per heavy atom. The summed E-state index contributed by atoms with van der Waals surface area (Å²) < 4.78 is 5.45. The summed E-state index contributed by atoms with van der Waals surface area (Å²) >= 11 is 1.44. The van der Waals surface area contributed by atoms with Gasteiger partial charge in [0.1, 0.15) is 5.76 Å². The largest absolute Gasteiger partial charge is 0.437 e. The number of carbonyl (C=O) groups is 1. The lowest BCUT2D eigenvalue weighted by molar-refractivity contribution is -0.115. The van der Waals surface area contributed by atoms with Crippen LogP contribution in [0.3, 0.4) is 0 Å². The van der Waals surface area contributed by atoms with E-state index in [-0.39, 0.29) is 5.91 Å². The van der Waals surface area contributed by atoms with Gasteiger partial charge in [0, 0.05) is 23.5 Å². The molecule has 1 heterocycles. The third kappa shape index (κ3) is 4.26. The van der Waals surface area contributed by atoms with Crippen LogP contribution in [0.15, 0.2) is 27.8 Å². The summed E-state index contributed by atoms with van der Waals surface area (Å²) in [7, 11) is 0. The predicted octanol–water partition coefficient (Wildman–Crippen LogP) is 3.30. The number of amides is 1. The van der Waals surface area contributed by atoms with E-state index in [4.69, 9.17) is 10.2 Å². The van der Waals surface area contributed by atoms with Crippen molar-refractivity contribution in [2.24, 2.45) is 0 Å². The Kier molecular flexibility index (Phi) is 4.90. The Morgan fingerprint density at radius 3 is 2.81 bits per heavy atom. The molecule has 3 N–H and O–H groups in total. The van der Waals surface area contributed by atoms with Gasteiger partial charge in [0.05, 0.1) is 5.69 Å². The Labute approximate surface area is 128 Å². The molecule has 6 heteroatoms. The molecule has 0 aliphatic rings. The number of anilines is 2. The number of aromatic nitrogens is 1. The number of rotatable bonds is 5. The van der Waals surface area contributed by atoms with Crippen LogP contribution in [0.2, 0.25) is 0 Å². The van der Waals surface area contributed by atoms with Gasteiger partial charge in [0.15, 0.2) is 0 Å². The molecule has 0 bridgehead atoms. The molecule has 2 rings (SSSR count). The summed E-state index contributed by atoms with van der Waals surface area (Å²) in [4.78, 5) is 16.2. The molecule has 0 saturated heterocycles. The van der Waals surface area contributed by atoms with Gasteiger partial charge >= 0.3 is 0 Å². The van der Waals surface area contributed by atoms with Crippen molar-refractivity contribution >= 4 is 29.0 Å². The Morgan fingerprint density at radius 2 is 2.14 bits per heavy atom. The summed E-state index contributed by atoms with van der Waals surface area (Å²) in [6.45, 7) is 5.71. The highest BCUT2D eigenvalue weighted by atomic mass is 32.2. The lowest BCUT2D eigenvalue weighted by Gasteiger charge is -2.08. The molecule has 1 amide bonds. The van der Waals surface area contributed by atoms with Gasteiger partial charge in [-0.05, 0) is 38.5 Å². The van der Waals surface area contributed by atoms with Crippen molar-refractivity contribution < 1.29 is 9.21 Å². The van der Waals surface area contributed by atoms with Crippen LogP contribution in [0.1, 0.15) is 23.4 Å². The average Bonchev–Trinajstić information content (AvgIpc) is 2.73. The fourth-order valence-corrected chi connectivity index (χ4v) is 2.57. The number of thioether (sulfide) groups is 1. The molecular formula is C15H19N3O2S. The Balaban J connectivity index is 1.83. The number of hydrogen-bond donors (Lipinski definition) is 2. The minimum Gasteiger partial charge on any atom is -0.437 e. The molecule has 5 nitrogen and oxygen atoms in total. The van der Waals surface area contributed by atoms with Crippen molar-refractivity contribution in [3.05, 3.63) is 35.2 Å². The van der Waals surface area contributed by atoms with Crippen molar-refractivity contribution in [2.75, 3.05) is 16.8 Å². The minimum atomic E-state index is -0.0452. The first-order valence-corrected chi connectivity index (χ1v) is 7.67. The van der Waals surface area contributed by atoms with Gasteiger partial charge in [0.2, 0.25) is 5.91 Å². The van der Waals surface area contributed by atoms with Crippen LogP contribution < -0.4 is 11.1 Å². The van der Waals surface area contributed by atoms with Crippen molar-refractivity contribution in [2.45, 2.75) is 32.4 Å². The van der Waals surface area contributed by atoms with E-state index in [2.05, 4.69) is 10.3 Å². The molecule has 0 unspecified atom stereocenters. The zero-order valence-corrected chi connectivity index (χ0v) is 13.2. The zero-order chi connectivity index (χ0) is 15.4. The van der Waals surface area contributed by atoms with Gasteiger partial charge in [-0.15, -0.1) is 0 Å². The molecule has 1 aromatic carbocycles. The van der Waals surface area contributed by atoms with Gasteiger partial charge in [-0.1, -0.05) is 17.8 Å². The molecule has 0 aliphatic carbocycles. The van der Waals surface area contributed by atoms with Crippen LogP contribution in [-0.4, -0.2) is 16.6 Å². The standard InChI is InChI=1S/C15H19N3O2S/c1-9-4-5-12(16)8-13(9)18-14(19)6-7-21-15-17-10(2)11(3)20-15/h4-5,8H,6-7,16H2,1-3H3,(H,18,19). The monoisotopic (exact) mass is 305 g/mol. The van der Waals surface area contributed by atoms with Crippen LogP contribution in [0.4, 0.5) is 11.4 Å². The van der Waals surface area contributed by atoms with Crippen LogP contribution in [0, 0.1) is 20.8 Å². The van der Waals surface area contributed by atoms with Gasteiger partial charge in [-0.25, -0.2) is 4.98 Å². The first-order valence-electron chi connectivity index (χ1n) is 6.68. The van der Waals surface area contributed by atoms with Crippen LogP contribution >= 0.6 is 11.8 Å². The summed E-state index contributed by atoms with van der Waals surface area (Å²) in [6.07, 6.45) is 0.388. The van der Waals surface area contributed by atoms with E-state index in [1.165, 1.54) is 11.8 Å². The Hall–Kier alpha value is -1.95. The fraction of sp³-hybridized carbons (Fsp3) is 0.333. The zero-order valence-electron chi connectivity index (χ0n) is 12.4. The molecule has 0 radical (unpaired) electrons. The van der Waals surface area contributed by atoms with Crippen LogP contribution in [0.25, 0.3) is 0 Å². The van der Waals surface area contributed by atoms with Gasteiger partial charge in [-0.3, -0.25) is 4.79 Å². The second-order valence-corrected chi connectivity index (χ2v) is 5.89. The third-order valence-electron chi connectivity index (χ3n) is 3.10. The number of nitrogens with two attached hydrogens (primary N) is 1. The normalized spacial score (nSPS) is 10.6. The smallest absolute Gasteiger partial charge is 0.256 e. The maximum Gasteiger partial charge on any atom is 0.256 e. The van der Waals surface area contributed by atoms with E-state index in [0.29, 0.717) is 23.1 Å². The quantitative estimate of drug-likeness (QED) is 0.654. The van der Waals surface area contributed by atoms with Crippen molar-refractivity contribution in [3.8, 4) is 0 Å². The van der Waals surface area contributed by atoms with E-state index < -0.39 is 0 Å². The second-order valence-electron chi connectivity index (χ2n) is 4.84. The first-order chi connectivity index (χ1) is 9.95. The van der Waals surface area contributed by atoms with Gasteiger partial charge in [-0.2, -0.15) is 0 Å². The van der Waals surface area contributed by atoms with Gasteiger partial charge < -0.3 is 15.5 Å². The summed E-state index contributed by atoms with van der Waals surface area (Å²) in [5.74, 6) is 1.39. The van der Waals surface area contributed by atoms with Crippen molar-refractivity contribution in [1.82, 2.24) is 4.98 Å².